The van der Waals surface area contributed by atoms with Crippen molar-refractivity contribution in [1.29, 1.82) is 0 Å². The molecular formula is C13H12BrIN6O. The van der Waals surface area contributed by atoms with Crippen LogP contribution >= 0.6 is 38.5 Å². The van der Waals surface area contributed by atoms with Gasteiger partial charge in [-0.2, -0.15) is 9.71 Å². The average molecular weight is 475 g/mol. The van der Waals surface area contributed by atoms with E-state index in [1.165, 1.54) is 0 Å². The second kappa shape index (κ2) is 5.61. The molecule has 3 heterocycles. The van der Waals surface area contributed by atoms with Crippen LogP contribution in [0.2, 0.25) is 0 Å². The number of hydrogen-bond acceptors (Lipinski definition) is 5. The molecule has 0 saturated heterocycles. The van der Waals surface area contributed by atoms with Gasteiger partial charge in [0.1, 0.15) is 16.7 Å². The highest BCUT2D eigenvalue weighted by Gasteiger charge is 2.18. The summed E-state index contributed by atoms with van der Waals surface area (Å²) >= 11 is 5.57. The van der Waals surface area contributed by atoms with Crippen LogP contribution in [0.5, 0.6) is 0 Å². The Kier molecular flexibility index (Phi) is 3.93. The fraction of sp³-hybridized carbons (Fsp3) is 0.231. The molecule has 9 heteroatoms. The van der Waals surface area contributed by atoms with Gasteiger partial charge in [0.25, 0.3) is 0 Å². The SMILES string of the molecule is Cc1c[n+]([O-])c(Cn2cnc3c(Br)nc(N)nc32)c(C)c1I. The smallest absolute Gasteiger partial charge is 0.223 e. The van der Waals surface area contributed by atoms with Gasteiger partial charge in [-0.3, -0.25) is 0 Å². The lowest BCUT2D eigenvalue weighted by atomic mass is 10.1. The summed E-state index contributed by atoms with van der Waals surface area (Å²) in [5, 5.41) is 12.2. The van der Waals surface area contributed by atoms with E-state index in [0.29, 0.717) is 28.0 Å². The molecule has 114 valence electrons. The number of pyridine rings is 1. The summed E-state index contributed by atoms with van der Waals surface area (Å²) in [7, 11) is 0. The highest BCUT2D eigenvalue weighted by atomic mass is 127. The van der Waals surface area contributed by atoms with Crippen LogP contribution in [0.15, 0.2) is 17.1 Å². The first-order chi connectivity index (χ1) is 10.4. The normalized spacial score (nSPS) is 11.3. The monoisotopic (exact) mass is 474 g/mol. The minimum absolute atomic E-state index is 0.159. The molecule has 0 fully saturated rings. The molecular weight excluding hydrogens is 463 g/mol. The number of aryl methyl sites for hydroxylation is 1. The Hall–Kier alpha value is -1.49. The first-order valence-corrected chi connectivity index (χ1v) is 8.27. The Bertz CT molecular complexity index is 894. The molecule has 0 aromatic carbocycles. The van der Waals surface area contributed by atoms with Gasteiger partial charge in [-0.1, -0.05) is 0 Å². The zero-order chi connectivity index (χ0) is 16.0. The first kappa shape index (κ1) is 15.4. The summed E-state index contributed by atoms with van der Waals surface area (Å²) in [5.74, 6) is 0.159. The molecule has 0 aliphatic carbocycles. The number of imidazole rings is 1. The number of nitrogens with zero attached hydrogens (tertiary/aromatic N) is 5. The third-order valence-electron chi connectivity index (χ3n) is 3.44. The minimum Gasteiger partial charge on any atom is -0.618 e. The zero-order valence-corrected chi connectivity index (χ0v) is 15.6. The molecule has 3 rings (SSSR count). The molecule has 7 nitrogen and oxygen atoms in total. The summed E-state index contributed by atoms with van der Waals surface area (Å²) in [6, 6.07) is 0. The highest BCUT2D eigenvalue weighted by Crippen LogP contribution is 2.22. The molecule has 0 radical (unpaired) electrons. The number of fused-ring (bicyclic) bond motifs is 1. The van der Waals surface area contributed by atoms with Crippen molar-refractivity contribution in [3.63, 3.8) is 0 Å². The number of nitrogen functional groups attached to an aromatic ring is 1. The van der Waals surface area contributed by atoms with Crippen molar-refractivity contribution in [2.24, 2.45) is 0 Å². The molecule has 3 aromatic rings. The number of rotatable bonds is 2. The molecule has 2 N–H and O–H groups in total. The summed E-state index contributed by atoms with van der Waals surface area (Å²) < 4.78 is 4.32. The maximum absolute atomic E-state index is 12.2. The van der Waals surface area contributed by atoms with E-state index in [0.717, 1.165) is 19.4 Å². The van der Waals surface area contributed by atoms with Crippen LogP contribution in [0.1, 0.15) is 16.8 Å². The van der Waals surface area contributed by atoms with Crippen LogP contribution in [0.3, 0.4) is 0 Å². The van der Waals surface area contributed by atoms with Crippen molar-refractivity contribution in [2.45, 2.75) is 20.4 Å². The molecule has 0 saturated carbocycles. The van der Waals surface area contributed by atoms with Crippen molar-refractivity contribution in [3.05, 3.63) is 42.7 Å². The van der Waals surface area contributed by atoms with E-state index in [1.807, 2.05) is 13.8 Å². The van der Waals surface area contributed by atoms with Crippen LogP contribution in [-0.2, 0) is 6.54 Å². The van der Waals surface area contributed by atoms with Gasteiger partial charge in [0, 0.05) is 14.7 Å². The van der Waals surface area contributed by atoms with Crippen LogP contribution in [0, 0.1) is 22.6 Å². The molecule has 0 unspecified atom stereocenters. The van der Waals surface area contributed by atoms with Crippen molar-refractivity contribution < 1.29 is 4.73 Å². The summed E-state index contributed by atoms with van der Waals surface area (Å²) in [6.45, 7) is 4.23. The van der Waals surface area contributed by atoms with E-state index >= 15 is 0 Å². The predicted molar refractivity (Wildman–Crippen MR) is 94.1 cm³/mol. The predicted octanol–water partition coefficient (Wildman–Crippen LogP) is 2.07. The molecule has 0 bridgehead atoms. The standard InChI is InChI=1S/C13H12BrIN6O/c1-6-3-21(22)8(7(2)9(6)15)4-20-5-17-10-11(14)18-13(16)19-12(10)20/h3,5H,4H2,1-2H3,(H2,16,18,19). The quantitative estimate of drug-likeness (QED) is 0.265. The third-order valence-corrected chi connectivity index (χ3v) is 5.66. The lowest BCUT2D eigenvalue weighted by molar-refractivity contribution is -0.615. The van der Waals surface area contributed by atoms with Gasteiger partial charge in [0.05, 0.1) is 6.33 Å². The maximum atomic E-state index is 12.2. The fourth-order valence-corrected chi connectivity index (χ4v) is 3.20. The Morgan fingerprint density at radius 3 is 2.86 bits per heavy atom. The van der Waals surface area contributed by atoms with E-state index in [9.17, 15) is 5.21 Å². The number of anilines is 1. The summed E-state index contributed by atoms with van der Waals surface area (Å²) in [6.07, 6.45) is 3.22. The zero-order valence-electron chi connectivity index (χ0n) is 11.8. The number of hydrogen-bond donors (Lipinski definition) is 1. The van der Waals surface area contributed by atoms with E-state index < -0.39 is 0 Å². The lowest BCUT2D eigenvalue weighted by Crippen LogP contribution is -2.35. The van der Waals surface area contributed by atoms with E-state index in [1.54, 1.807) is 17.1 Å². The van der Waals surface area contributed by atoms with Crippen LogP contribution in [0.25, 0.3) is 11.2 Å². The molecule has 0 atom stereocenters. The second-order valence-corrected chi connectivity index (χ2v) is 6.77. The van der Waals surface area contributed by atoms with Crippen LogP contribution in [0.4, 0.5) is 5.95 Å². The van der Waals surface area contributed by atoms with Crippen LogP contribution in [-0.4, -0.2) is 19.5 Å². The van der Waals surface area contributed by atoms with E-state index in [4.69, 9.17) is 5.73 Å². The molecule has 3 aromatic heterocycles. The Morgan fingerprint density at radius 2 is 2.14 bits per heavy atom. The Balaban J connectivity index is 2.14. The van der Waals surface area contributed by atoms with Gasteiger partial charge in [-0.05, 0) is 52.4 Å². The highest BCUT2D eigenvalue weighted by molar-refractivity contribution is 14.1. The Labute approximate surface area is 148 Å². The van der Waals surface area contributed by atoms with Gasteiger partial charge < -0.3 is 15.5 Å². The molecule has 0 spiro atoms. The summed E-state index contributed by atoms with van der Waals surface area (Å²) in [5.41, 5.74) is 9.47. The van der Waals surface area contributed by atoms with Gasteiger partial charge in [0.15, 0.2) is 11.8 Å². The van der Waals surface area contributed by atoms with Crippen molar-refractivity contribution in [3.8, 4) is 0 Å². The van der Waals surface area contributed by atoms with Crippen molar-refractivity contribution >= 4 is 55.6 Å². The van der Waals surface area contributed by atoms with E-state index in [-0.39, 0.29) is 5.95 Å². The number of aromatic nitrogens is 5. The van der Waals surface area contributed by atoms with E-state index in [2.05, 4.69) is 53.5 Å². The first-order valence-electron chi connectivity index (χ1n) is 6.40. The number of nitrogens with two attached hydrogens (primary N) is 1. The average Bonchev–Trinajstić information content (AvgIpc) is 2.84. The fourth-order valence-electron chi connectivity index (χ4n) is 2.29. The lowest BCUT2D eigenvalue weighted by Gasteiger charge is -2.11. The molecule has 0 aliphatic rings. The van der Waals surface area contributed by atoms with Crippen molar-refractivity contribution in [1.82, 2.24) is 19.5 Å². The minimum atomic E-state index is 0.159. The molecule has 22 heavy (non-hydrogen) atoms. The number of halogens is 2. The van der Waals surface area contributed by atoms with Gasteiger partial charge >= 0.3 is 0 Å². The summed E-state index contributed by atoms with van der Waals surface area (Å²) in [4.78, 5) is 12.5. The molecule has 0 amide bonds. The van der Waals surface area contributed by atoms with Gasteiger partial charge in [-0.15, -0.1) is 0 Å². The largest absolute Gasteiger partial charge is 0.618 e. The molecule has 0 aliphatic heterocycles. The third kappa shape index (κ3) is 2.51. The second-order valence-electron chi connectivity index (χ2n) is 4.94. The Morgan fingerprint density at radius 1 is 1.41 bits per heavy atom. The van der Waals surface area contributed by atoms with Gasteiger partial charge in [0.2, 0.25) is 11.6 Å². The van der Waals surface area contributed by atoms with Crippen LogP contribution < -0.4 is 10.5 Å². The van der Waals surface area contributed by atoms with Crippen molar-refractivity contribution in [2.75, 3.05) is 5.73 Å². The topological polar surface area (TPSA) is 96.6 Å². The van der Waals surface area contributed by atoms with Gasteiger partial charge in [-0.25, -0.2) is 9.97 Å². The maximum Gasteiger partial charge on any atom is 0.223 e.